The van der Waals surface area contributed by atoms with Crippen LogP contribution in [0.2, 0.25) is 0 Å². The van der Waals surface area contributed by atoms with Gasteiger partial charge in [0.2, 0.25) is 0 Å². The van der Waals surface area contributed by atoms with Gasteiger partial charge in [-0.2, -0.15) is 11.3 Å². The number of hydrogen-bond donors (Lipinski definition) is 1. The predicted octanol–water partition coefficient (Wildman–Crippen LogP) is 2.53. The Labute approximate surface area is 106 Å². The average Bonchev–Trinajstić information content (AvgIpc) is 2.87. The van der Waals surface area contributed by atoms with E-state index in [1.807, 2.05) is 16.8 Å². The van der Waals surface area contributed by atoms with Gasteiger partial charge in [-0.15, -0.1) is 0 Å². The number of methoxy groups -OCH3 is 1. The third-order valence-corrected chi connectivity index (χ3v) is 3.63. The van der Waals surface area contributed by atoms with Crippen molar-refractivity contribution < 1.29 is 9.53 Å². The molecule has 3 rings (SSSR count). The van der Waals surface area contributed by atoms with Crippen LogP contribution in [0.3, 0.4) is 0 Å². The van der Waals surface area contributed by atoms with Crippen molar-refractivity contribution in [2.75, 3.05) is 7.11 Å². The van der Waals surface area contributed by atoms with Gasteiger partial charge in [-0.3, -0.25) is 4.79 Å². The maximum Gasteiger partial charge on any atom is 0.337 e. The van der Waals surface area contributed by atoms with Gasteiger partial charge in [0.1, 0.15) is 0 Å². The molecule has 0 spiro atoms. The summed E-state index contributed by atoms with van der Waals surface area (Å²) in [5.41, 5.74) is 0.935. The lowest BCUT2D eigenvalue weighted by Crippen LogP contribution is -2.06. The zero-order chi connectivity index (χ0) is 12.7. The summed E-state index contributed by atoms with van der Waals surface area (Å²) in [4.78, 5) is 26.1. The Morgan fingerprint density at radius 1 is 1.22 bits per heavy atom. The topological polar surface area (TPSA) is 59.2 Å². The molecule has 0 radical (unpaired) electrons. The quantitative estimate of drug-likeness (QED) is 0.683. The maximum atomic E-state index is 11.8. The third kappa shape index (κ3) is 1.52. The Morgan fingerprint density at radius 2 is 2.00 bits per heavy atom. The minimum Gasteiger partial charge on any atom is -0.465 e. The normalized spacial score (nSPS) is 10.9. The number of fused-ring (bicyclic) bond motifs is 3. The van der Waals surface area contributed by atoms with Crippen molar-refractivity contribution in [3.8, 4) is 0 Å². The van der Waals surface area contributed by atoms with Gasteiger partial charge < -0.3 is 9.72 Å². The lowest BCUT2D eigenvalue weighted by Gasteiger charge is -2.03. The number of aromatic nitrogens is 1. The molecule has 0 saturated heterocycles. The van der Waals surface area contributed by atoms with Crippen LogP contribution >= 0.6 is 11.3 Å². The summed E-state index contributed by atoms with van der Waals surface area (Å²) < 4.78 is 4.66. The van der Waals surface area contributed by atoms with Crippen LogP contribution in [0.1, 0.15) is 10.4 Å². The lowest BCUT2D eigenvalue weighted by atomic mass is 10.1. The minimum atomic E-state index is -0.414. The van der Waals surface area contributed by atoms with Crippen LogP contribution in [0, 0.1) is 0 Å². The molecule has 2 aromatic heterocycles. The predicted molar refractivity (Wildman–Crippen MR) is 71.3 cm³/mol. The molecule has 0 aliphatic rings. The number of ether oxygens (including phenoxy) is 1. The molecule has 4 nitrogen and oxygen atoms in total. The number of nitrogens with one attached hydrogen (secondary N) is 1. The van der Waals surface area contributed by atoms with Gasteiger partial charge in [0.25, 0.3) is 5.56 Å². The van der Waals surface area contributed by atoms with Crippen molar-refractivity contribution >= 4 is 39.0 Å². The van der Waals surface area contributed by atoms with Gasteiger partial charge in [0, 0.05) is 21.7 Å². The molecule has 0 saturated carbocycles. The average molecular weight is 259 g/mol. The van der Waals surface area contributed by atoms with Crippen molar-refractivity contribution in [1.29, 1.82) is 0 Å². The fourth-order valence-electron chi connectivity index (χ4n) is 2.00. The molecule has 0 aliphatic heterocycles. The molecule has 1 N–H and O–H groups in total. The summed E-state index contributed by atoms with van der Waals surface area (Å²) >= 11 is 1.49. The maximum absolute atomic E-state index is 11.8. The van der Waals surface area contributed by atoms with Gasteiger partial charge in [-0.1, -0.05) is 6.07 Å². The number of H-pyrrole nitrogens is 1. The molecular weight excluding hydrogens is 250 g/mol. The SMILES string of the molecule is COC(=O)c1ccc2c(c1)[nH]c(=O)c1cscc12. The van der Waals surface area contributed by atoms with Gasteiger partial charge in [0.05, 0.1) is 18.1 Å². The van der Waals surface area contributed by atoms with Crippen molar-refractivity contribution in [1.82, 2.24) is 4.98 Å². The van der Waals surface area contributed by atoms with E-state index in [1.54, 1.807) is 12.1 Å². The smallest absolute Gasteiger partial charge is 0.337 e. The first-order valence-corrected chi connectivity index (χ1v) is 6.25. The van der Waals surface area contributed by atoms with Gasteiger partial charge >= 0.3 is 5.97 Å². The number of aromatic amines is 1. The van der Waals surface area contributed by atoms with E-state index in [0.717, 1.165) is 10.8 Å². The molecular formula is C13H9NO3S. The molecule has 0 fully saturated rings. The third-order valence-electron chi connectivity index (χ3n) is 2.89. The van der Waals surface area contributed by atoms with Crippen LogP contribution in [-0.2, 0) is 4.74 Å². The second kappa shape index (κ2) is 3.96. The standard InChI is InChI=1S/C13H9NO3S/c1-17-13(16)7-2-3-8-9-5-18-6-10(9)12(15)14-11(8)4-7/h2-6H,1H3,(H,14,15). The highest BCUT2D eigenvalue weighted by Gasteiger charge is 2.10. The summed E-state index contributed by atoms with van der Waals surface area (Å²) in [5.74, 6) is -0.414. The molecule has 5 heteroatoms. The molecule has 0 unspecified atom stereocenters. The van der Waals surface area contributed by atoms with Crippen molar-refractivity contribution in [2.45, 2.75) is 0 Å². The second-order valence-corrected chi connectivity index (χ2v) is 4.65. The van der Waals surface area contributed by atoms with E-state index >= 15 is 0 Å². The number of rotatable bonds is 1. The van der Waals surface area contributed by atoms with Crippen molar-refractivity contribution in [3.05, 3.63) is 44.9 Å². The Kier molecular flexibility index (Phi) is 2.41. The number of esters is 1. The number of benzene rings is 1. The highest BCUT2D eigenvalue weighted by molar-refractivity contribution is 7.09. The van der Waals surface area contributed by atoms with Crippen LogP contribution < -0.4 is 5.56 Å². The summed E-state index contributed by atoms with van der Waals surface area (Å²) in [6.45, 7) is 0. The Balaban J connectivity index is 2.39. The van der Waals surface area contributed by atoms with Gasteiger partial charge in [-0.05, 0) is 17.5 Å². The fourth-order valence-corrected chi connectivity index (χ4v) is 2.83. The van der Waals surface area contributed by atoms with Crippen molar-refractivity contribution in [3.63, 3.8) is 0 Å². The largest absolute Gasteiger partial charge is 0.465 e. The van der Waals surface area contributed by atoms with E-state index in [-0.39, 0.29) is 5.56 Å². The van der Waals surface area contributed by atoms with Crippen LogP contribution in [-0.4, -0.2) is 18.1 Å². The molecule has 18 heavy (non-hydrogen) atoms. The Morgan fingerprint density at radius 3 is 2.78 bits per heavy atom. The molecule has 90 valence electrons. The number of thiophene rings is 1. The van der Waals surface area contributed by atoms with Crippen LogP contribution in [0.4, 0.5) is 0 Å². The van der Waals surface area contributed by atoms with E-state index in [2.05, 4.69) is 9.72 Å². The van der Waals surface area contributed by atoms with Crippen molar-refractivity contribution in [2.24, 2.45) is 0 Å². The summed E-state index contributed by atoms with van der Waals surface area (Å²) in [6, 6.07) is 5.16. The molecule has 0 aliphatic carbocycles. The van der Waals surface area contributed by atoms with E-state index < -0.39 is 5.97 Å². The van der Waals surface area contributed by atoms with E-state index in [9.17, 15) is 9.59 Å². The molecule has 0 amide bonds. The monoisotopic (exact) mass is 259 g/mol. The summed E-state index contributed by atoms with van der Waals surface area (Å²) in [5, 5.41) is 6.28. The van der Waals surface area contributed by atoms with E-state index in [0.29, 0.717) is 16.5 Å². The van der Waals surface area contributed by atoms with E-state index in [1.165, 1.54) is 18.4 Å². The lowest BCUT2D eigenvalue weighted by molar-refractivity contribution is 0.0601. The first-order valence-electron chi connectivity index (χ1n) is 5.31. The first-order chi connectivity index (χ1) is 8.70. The van der Waals surface area contributed by atoms with Gasteiger partial charge in [0.15, 0.2) is 0 Å². The number of pyridine rings is 1. The number of hydrogen-bond acceptors (Lipinski definition) is 4. The highest BCUT2D eigenvalue weighted by atomic mass is 32.1. The summed E-state index contributed by atoms with van der Waals surface area (Å²) in [6.07, 6.45) is 0. The minimum absolute atomic E-state index is 0.138. The van der Waals surface area contributed by atoms with Gasteiger partial charge in [-0.25, -0.2) is 4.79 Å². The molecule has 3 aromatic rings. The Hall–Kier alpha value is -2.14. The molecule has 1 aromatic carbocycles. The molecule has 2 heterocycles. The second-order valence-electron chi connectivity index (χ2n) is 3.91. The van der Waals surface area contributed by atoms with Crippen LogP contribution in [0.5, 0.6) is 0 Å². The van der Waals surface area contributed by atoms with E-state index in [4.69, 9.17) is 0 Å². The molecule has 0 atom stereocenters. The van der Waals surface area contributed by atoms with Crippen LogP contribution in [0.15, 0.2) is 33.8 Å². The fraction of sp³-hybridized carbons (Fsp3) is 0.0769. The number of carbonyl (C=O) groups excluding carboxylic acids is 1. The number of carbonyl (C=O) groups is 1. The first kappa shape index (κ1) is 11.0. The zero-order valence-electron chi connectivity index (χ0n) is 9.52. The highest BCUT2D eigenvalue weighted by Crippen LogP contribution is 2.24. The van der Waals surface area contributed by atoms with Crippen LogP contribution in [0.25, 0.3) is 21.7 Å². The zero-order valence-corrected chi connectivity index (χ0v) is 10.3. The Bertz CT molecular complexity index is 816. The summed E-state index contributed by atoms with van der Waals surface area (Å²) in [7, 11) is 1.33. The molecule has 0 bridgehead atoms.